The fraction of sp³-hybridized carbons (Fsp3) is 0.375. The molecule has 1 aromatic heterocycles. The Bertz CT molecular complexity index is 1140. The number of hydrogen-bond acceptors (Lipinski definition) is 7. The average molecular weight is 467 g/mol. The fourth-order valence-corrected chi connectivity index (χ4v) is 5.75. The first-order valence-corrected chi connectivity index (χ1v) is 12.9. The zero-order chi connectivity index (χ0) is 22.2. The van der Waals surface area contributed by atoms with Gasteiger partial charge in [0.2, 0.25) is 5.16 Å². The molecule has 3 aromatic rings. The van der Waals surface area contributed by atoms with Crippen molar-refractivity contribution in [3.05, 3.63) is 70.5 Å². The number of aromatic nitrogens is 3. The number of nitrogens with one attached hydrogen (secondary N) is 1. The Labute approximate surface area is 196 Å². The van der Waals surface area contributed by atoms with Crippen molar-refractivity contribution in [1.29, 1.82) is 0 Å². The van der Waals surface area contributed by atoms with Crippen molar-refractivity contribution in [2.24, 2.45) is 0 Å². The maximum absolute atomic E-state index is 13.7. The molecule has 6 nitrogen and oxygen atoms in total. The van der Waals surface area contributed by atoms with Crippen LogP contribution >= 0.6 is 23.5 Å². The largest absolute Gasteiger partial charge is 0.370 e. The second kappa shape index (κ2) is 8.92. The molecule has 2 aliphatic heterocycles. The molecule has 0 spiro atoms. The Morgan fingerprint density at radius 1 is 1.16 bits per heavy atom. The summed E-state index contributed by atoms with van der Waals surface area (Å²) < 4.78 is 7.79. The van der Waals surface area contributed by atoms with Crippen LogP contribution in [0.3, 0.4) is 0 Å². The number of carbonyl (C=O) groups is 1. The number of fused-ring (bicyclic) bond motifs is 1. The third kappa shape index (κ3) is 3.95. The Kier molecular flexibility index (Phi) is 6.01. The molecule has 5 rings (SSSR count). The Morgan fingerprint density at radius 3 is 2.66 bits per heavy atom. The van der Waals surface area contributed by atoms with Gasteiger partial charge >= 0.3 is 0 Å². The maximum atomic E-state index is 13.7. The van der Waals surface area contributed by atoms with E-state index in [0.29, 0.717) is 5.16 Å². The lowest BCUT2D eigenvalue weighted by atomic mass is 9.96. The number of aryl methyl sites for hydroxylation is 2. The molecule has 1 fully saturated rings. The first kappa shape index (κ1) is 21.6. The molecule has 2 aromatic carbocycles. The molecular formula is C24H26N4O2S2. The molecule has 1 N–H and O–H groups in total. The topological polar surface area (TPSA) is 69.0 Å². The number of ketones is 1. The van der Waals surface area contributed by atoms with E-state index in [1.165, 1.54) is 22.2 Å². The predicted molar refractivity (Wildman–Crippen MR) is 128 cm³/mol. The van der Waals surface area contributed by atoms with Gasteiger partial charge in [-0.1, -0.05) is 36.0 Å². The van der Waals surface area contributed by atoms with Crippen LogP contribution < -0.4 is 5.43 Å². The van der Waals surface area contributed by atoms with Gasteiger partial charge in [-0.3, -0.25) is 4.79 Å². The van der Waals surface area contributed by atoms with Crippen LogP contribution in [-0.2, 0) is 4.74 Å². The lowest BCUT2D eigenvalue weighted by Gasteiger charge is -2.33. The molecule has 0 unspecified atom stereocenters. The zero-order valence-electron chi connectivity index (χ0n) is 18.4. The molecule has 0 radical (unpaired) electrons. The Balaban J connectivity index is 1.53. The van der Waals surface area contributed by atoms with Crippen LogP contribution in [0, 0.1) is 13.8 Å². The monoisotopic (exact) mass is 466 g/mol. The van der Waals surface area contributed by atoms with E-state index < -0.39 is 0 Å². The van der Waals surface area contributed by atoms with E-state index in [1.54, 1.807) is 11.8 Å². The minimum atomic E-state index is -0.355. The second-order valence-electron chi connectivity index (χ2n) is 8.26. The van der Waals surface area contributed by atoms with E-state index in [0.717, 1.165) is 42.0 Å². The van der Waals surface area contributed by atoms with Gasteiger partial charge in [0, 0.05) is 17.1 Å². The summed E-state index contributed by atoms with van der Waals surface area (Å²) in [6.45, 7) is 4.85. The smallest absolute Gasteiger partial charge is 0.210 e. The average Bonchev–Trinajstić information content (AvgIpc) is 3.49. The highest BCUT2D eigenvalue weighted by Gasteiger charge is 2.39. The third-order valence-electron chi connectivity index (χ3n) is 6.20. The number of rotatable bonds is 5. The van der Waals surface area contributed by atoms with Crippen LogP contribution in [0.5, 0.6) is 0 Å². The van der Waals surface area contributed by atoms with Gasteiger partial charge in [-0.25, -0.2) is 4.68 Å². The molecule has 166 valence electrons. The molecule has 0 amide bonds. The second-order valence-corrected chi connectivity index (χ2v) is 10.2. The summed E-state index contributed by atoms with van der Waals surface area (Å²) in [6.07, 6.45) is 3.96. The highest BCUT2D eigenvalue weighted by molar-refractivity contribution is 8.00. The molecule has 0 saturated carbocycles. The van der Waals surface area contributed by atoms with E-state index in [9.17, 15) is 4.79 Å². The number of ether oxygens (including phenoxy) is 1. The van der Waals surface area contributed by atoms with Crippen LogP contribution in [0.1, 0.15) is 57.9 Å². The molecular weight excluding hydrogens is 440 g/mol. The van der Waals surface area contributed by atoms with E-state index >= 15 is 0 Å². The van der Waals surface area contributed by atoms with Crippen molar-refractivity contribution in [3.8, 4) is 0 Å². The van der Waals surface area contributed by atoms with Crippen LogP contribution in [0.25, 0.3) is 0 Å². The van der Waals surface area contributed by atoms with Gasteiger partial charge in [0.25, 0.3) is 0 Å². The molecule has 1 saturated heterocycles. The van der Waals surface area contributed by atoms with E-state index in [1.807, 2.05) is 29.8 Å². The fourth-order valence-electron chi connectivity index (χ4n) is 4.18. The molecule has 3 heterocycles. The first-order chi connectivity index (χ1) is 15.5. The van der Waals surface area contributed by atoms with E-state index in [-0.39, 0.29) is 23.2 Å². The molecule has 0 bridgehead atoms. The summed E-state index contributed by atoms with van der Waals surface area (Å²) in [7, 11) is 0. The van der Waals surface area contributed by atoms with Crippen molar-refractivity contribution >= 4 is 29.3 Å². The standard InChI is InChI=1S/C24H26N4O2S2/c1-14-6-7-17(13-15(14)2)21(29)22-20(16-8-10-18(31-3)11-9-16)27-28-23(19-5-4-12-30-19)25-26-24(28)32-22/h6-11,13,19-20,22,27H,4-5,12H2,1-3H3/t19-,20+,22-/m1/s1. The van der Waals surface area contributed by atoms with Gasteiger partial charge < -0.3 is 10.2 Å². The van der Waals surface area contributed by atoms with Gasteiger partial charge in [0.15, 0.2) is 11.6 Å². The Hall–Kier alpha value is -2.29. The number of carbonyl (C=O) groups excluding carboxylic acids is 1. The highest BCUT2D eigenvalue weighted by atomic mass is 32.2. The summed E-state index contributed by atoms with van der Waals surface area (Å²) >= 11 is 3.19. The summed E-state index contributed by atoms with van der Waals surface area (Å²) in [5.41, 5.74) is 7.66. The van der Waals surface area contributed by atoms with Gasteiger partial charge in [0.1, 0.15) is 11.4 Å². The SMILES string of the molecule is CSc1ccc([C@@H]2Nn3c(nnc3[C@H]3CCCO3)S[C@H]2C(=O)c2ccc(C)c(C)c2)cc1. The summed E-state index contributed by atoms with van der Waals surface area (Å²) in [5, 5.41) is 9.16. The Morgan fingerprint density at radius 2 is 1.97 bits per heavy atom. The van der Waals surface area contributed by atoms with Crippen molar-refractivity contribution in [2.75, 3.05) is 18.3 Å². The summed E-state index contributed by atoms with van der Waals surface area (Å²) in [6, 6.07) is 14.1. The molecule has 2 aliphatic rings. The number of Topliss-reactive ketones (excluding diaryl/α,β-unsaturated/α-hetero) is 1. The van der Waals surface area contributed by atoms with Crippen LogP contribution in [-0.4, -0.2) is 38.8 Å². The van der Waals surface area contributed by atoms with Crippen molar-refractivity contribution in [2.45, 2.75) is 54.1 Å². The minimum Gasteiger partial charge on any atom is -0.370 e. The molecule has 8 heteroatoms. The predicted octanol–water partition coefficient (Wildman–Crippen LogP) is 5.11. The normalized spacial score (nSPS) is 22.4. The van der Waals surface area contributed by atoms with Crippen LogP contribution in [0.2, 0.25) is 0 Å². The maximum Gasteiger partial charge on any atom is 0.210 e. The molecule has 0 aliphatic carbocycles. The van der Waals surface area contributed by atoms with Crippen molar-refractivity contribution < 1.29 is 9.53 Å². The molecule has 3 atom stereocenters. The number of benzene rings is 2. The number of hydrogen-bond donors (Lipinski definition) is 1. The minimum absolute atomic E-state index is 0.0594. The number of thioether (sulfide) groups is 2. The van der Waals surface area contributed by atoms with Crippen LogP contribution in [0.15, 0.2) is 52.5 Å². The van der Waals surface area contributed by atoms with E-state index in [4.69, 9.17) is 4.74 Å². The number of nitrogens with zero attached hydrogens (tertiary/aromatic N) is 3. The van der Waals surface area contributed by atoms with E-state index in [2.05, 4.69) is 53.1 Å². The highest BCUT2D eigenvalue weighted by Crippen LogP contribution is 2.41. The molecule has 32 heavy (non-hydrogen) atoms. The first-order valence-electron chi connectivity index (χ1n) is 10.8. The van der Waals surface area contributed by atoms with Gasteiger partial charge in [-0.2, -0.15) is 0 Å². The van der Waals surface area contributed by atoms with Crippen molar-refractivity contribution in [1.82, 2.24) is 14.9 Å². The van der Waals surface area contributed by atoms with Crippen molar-refractivity contribution in [3.63, 3.8) is 0 Å². The third-order valence-corrected chi connectivity index (χ3v) is 8.16. The van der Waals surface area contributed by atoms with Gasteiger partial charge in [-0.05, 0) is 67.8 Å². The summed E-state index contributed by atoms with van der Waals surface area (Å²) in [5.74, 6) is 0.880. The summed E-state index contributed by atoms with van der Waals surface area (Å²) in [4.78, 5) is 14.9. The van der Waals surface area contributed by atoms with Gasteiger partial charge in [0.05, 0.1) is 6.04 Å². The van der Waals surface area contributed by atoms with Gasteiger partial charge in [-0.15, -0.1) is 22.0 Å². The van der Waals surface area contributed by atoms with Crippen LogP contribution in [0.4, 0.5) is 0 Å². The zero-order valence-corrected chi connectivity index (χ0v) is 20.0. The lowest BCUT2D eigenvalue weighted by Crippen LogP contribution is -2.39. The lowest BCUT2D eigenvalue weighted by molar-refractivity contribution is 0.0974. The quantitative estimate of drug-likeness (QED) is 0.414.